The highest BCUT2D eigenvalue weighted by atomic mass is 19.2. The second-order valence-corrected chi connectivity index (χ2v) is 6.73. The van der Waals surface area contributed by atoms with Crippen LogP contribution in [0.25, 0.3) is 0 Å². The zero-order valence-corrected chi connectivity index (χ0v) is 12.1. The minimum Gasteiger partial charge on any atom is -0.311 e. The summed E-state index contributed by atoms with van der Waals surface area (Å²) in [4.78, 5) is 2.28. The van der Waals surface area contributed by atoms with E-state index in [0.29, 0.717) is 18.2 Å². The van der Waals surface area contributed by atoms with E-state index in [1.165, 1.54) is 18.9 Å². The monoisotopic (exact) mass is 280 g/mol. The number of nitrogens with zero attached hydrogens (tertiary/aromatic N) is 1. The van der Waals surface area contributed by atoms with E-state index in [-0.39, 0.29) is 5.54 Å². The van der Waals surface area contributed by atoms with Gasteiger partial charge in [-0.25, -0.2) is 8.78 Å². The first-order valence-electron chi connectivity index (χ1n) is 7.39. The smallest absolute Gasteiger partial charge is 0.163 e. The van der Waals surface area contributed by atoms with E-state index in [2.05, 4.69) is 24.1 Å². The summed E-state index contributed by atoms with van der Waals surface area (Å²) < 4.78 is 27.2. The summed E-state index contributed by atoms with van der Waals surface area (Å²) in [5.74, 6) is -0.690. The number of hydrogen-bond donors (Lipinski definition) is 1. The Hall–Kier alpha value is -1.00. The minimum absolute atomic E-state index is 0.0376. The average Bonchev–Trinajstić information content (AvgIpc) is 3.21. The fourth-order valence-electron chi connectivity index (χ4n) is 3.01. The predicted molar refractivity (Wildman–Crippen MR) is 75.4 cm³/mol. The van der Waals surface area contributed by atoms with Crippen LogP contribution in [0.4, 0.5) is 8.78 Å². The molecule has 1 saturated carbocycles. The third-order valence-electron chi connectivity index (χ3n) is 4.65. The first-order valence-corrected chi connectivity index (χ1v) is 7.39. The van der Waals surface area contributed by atoms with Crippen LogP contribution in [0.5, 0.6) is 0 Å². The van der Waals surface area contributed by atoms with Gasteiger partial charge in [0, 0.05) is 36.8 Å². The molecule has 2 fully saturated rings. The van der Waals surface area contributed by atoms with Gasteiger partial charge in [0.1, 0.15) is 0 Å². The van der Waals surface area contributed by atoms with Crippen molar-refractivity contribution in [2.24, 2.45) is 5.92 Å². The molecule has 2 nitrogen and oxygen atoms in total. The molecule has 3 rings (SSSR count). The van der Waals surface area contributed by atoms with E-state index >= 15 is 0 Å². The summed E-state index contributed by atoms with van der Waals surface area (Å²) in [6.45, 7) is 6.58. The van der Waals surface area contributed by atoms with Crippen LogP contribution in [0.2, 0.25) is 0 Å². The predicted octanol–water partition coefficient (Wildman–Crippen LogP) is 2.93. The Bertz CT molecular complexity index is 497. The molecule has 2 aliphatic rings. The Balaban J connectivity index is 1.77. The van der Waals surface area contributed by atoms with Crippen LogP contribution in [-0.4, -0.2) is 29.6 Å². The topological polar surface area (TPSA) is 15.3 Å². The second-order valence-electron chi connectivity index (χ2n) is 6.73. The van der Waals surface area contributed by atoms with Crippen LogP contribution in [-0.2, 0) is 6.54 Å². The molecule has 1 heterocycles. The van der Waals surface area contributed by atoms with Crippen LogP contribution in [0, 0.1) is 17.6 Å². The van der Waals surface area contributed by atoms with Crippen molar-refractivity contribution < 1.29 is 8.78 Å². The van der Waals surface area contributed by atoms with Crippen molar-refractivity contribution in [1.29, 1.82) is 0 Å². The second kappa shape index (κ2) is 5.08. The van der Waals surface area contributed by atoms with Gasteiger partial charge in [0.25, 0.3) is 0 Å². The molecule has 1 aliphatic heterocycles. The highest BCUT2D eigenvalue weighted by Crippen LogP contribution is 2.36. The highest BCUT2D eigenvalue weighted by molar-refractivity contribution is 5.19. The number of benzene rings is 1. The van der Waals surface area contributed by atoms with E-state index in [1.54, 1.807) is 12.1 Å². The SMILES string of the molecule is CC1(C)CNC(C2CC2)CN1Cc1cccc(F)c1F. The molecule has 0 amide bonds. The van der Waals surface area contributed by atoms with Crippen molar-refractivity contribution in [3.05, 3.63) is 35.4 Å². The van der Waals surface area contributed by atoms with Crippen molar-refractivity contribution in [2.75, 3.05) is 13.1 Å². The van der Waals surface area contributed by atoms with Gasteiger partial charge in [0.15, 0.2) is 11.6 Å². The summed E-state index contributed by atoms with van der Waals surface area (Å²) in [6.07, 6.45) is 2.58. The minimum atomic E-state index is -0.755. The average molecular weight is 280 g/mol. The molecule has 1 saturated heterocycles. The largest absolute Gasteiger partial charge is 0.311 e. The van der Waals surface area contributed by atoms with Gasteiger partial charge in [0.2, 0.25) is 0 Å². The van der Waals surface area contributed by atoms with Gasteiger partial charge in [-0.2, -0.15) is 0 Å². The van der Waals surface area contributed by atoms with E-state index in [0.717, 1.165) is 19.0 Å². The number of halogens is 2. The Morgan fingerprint density at radius 1 is 1.30 bits per heavy atom. The number of nitrogens with one attached hydrogen (secondary N) is 1. The van der Waals surface area contributed by atoms with Gasteiger partial charge >= 0.3 is 0 Å². The van der Waals surface area contributed by atoms with Crippen molar-refractivity contribution in [3.63, 3.8) is 0 Å². The molecule has 0 aromatic heterocycles. The lowest BCUT2D eigenvalue weighted by atomic mass is 9.95. The van der Waals surface area contributed by atoms with Crippen molar-refractivity contribution >= 4 is 0 Å². The molecule has 1 N–H and O–H groups in total. The van der Waals surface area contributed by atoms with E-state index in [4.69, 9.17) is 0 Å². The third-order valence-corrected chi connectivity index (χ3v) is 4.65. The zero-order valence-electron chi connectivity index (χ0n) is 12.1. The maximum Gasteiger partial charge on any atom is 0.163 e. The third kappa shape index (κ3) is 2.72. The molecule has 0 spiro atoms. The van der Waals surface area contributed by atoms with Crippen molar-refractivity contribution in [3.8, 4) is 0 Å². The van der Waals surface area contributed by atoms with Gasteiger partial charge in [-0.1, -0.05) is 12.1 Å². The van der Waals surface area contributed by atoms with Crippen LogP contribution < -0.4 is 5.32 Å². The van der Waals surface area contributed by atoms with Gasteiger partial charge in [-0.05, 0) is 38.7 Å². The van der Waals surface area contributed by atoms with Gasteiger partial charge in [-0.15, -0.1) is 0 Å². The molecule has 1 aliphatic carbocycles. The fraction of sp³-hybridized carbons (Fsp3) is 0.625. The molecule has 4 heteroatoms. The lowest BCUT2D eigenvalue weighted by molar-refractivity contribution is 0.0522. The van der Waals surface area contributed by atoms with Gasteiger partial charge in [0.05, 0.1) is 0 Å². The first kappa shape index (κ1) is 14.0. The molecule has 1 aromatic carbocycles. The lowest BCUT2D eigenvalue weighted by Crippen LogP contribution is -2.62. The van der Waals surface area contributed by atoms with Crippen molar-refractivity contribution in [1.82, 2.24) is 10.2 Å². The molecule has 1 aromatic rings. The van der Waals surface area contributed by atoms with Crippen LogP contribution in [0.1, 0.15) is 32.3 Å². The van der Waals surface area contributed by atoms with Crippen molar-refractivity contribution in [2.45, 2.75) is 44.8 Å². The molecule has 1 atom stereocenters. The number of hydrogen-bond acceptors (Lipinski definition) is 2. The number of rotatable bonds is 3. The van der Waals surface area contributed by atoms with Crippen LogP contribution in [0.3, 0.4) is 0 Å². The molecule has 1 unspecified atom stereocenters. The zero-order chi connectivity index (χ0) is 14.3. The molecule has 20 heavy (non-hydrogen) atoms. The maximum absolute atomic E-state index is 13.9. The Morgan fingerprint density at radius 3 is 2.75 bits per heavy atom. The summed E-state index contributed by atoms with van der Waals surface area (Å²) in [5, 5.41) is 3.60. The van der Waals surface area contributed by atoms with Crippen LogP contribution in [0.15, 0.2) is 18.2 Å². The summed E-state index contributed by atoms with van der Waals surface area (Å²) in [5.41, 5.74) is 0.416. The molecule has 0 bridgehead atoms. The Morgan fingerprint density at radius 2 is 2.05 bits per heavy atom. The highest BCUT2D eigenvalue weighted by Gasteiger charge is 2.40. The molecule has 0 radical (unpaired) electrons. The fourth-order valence-corrected chi connectivity index (χ4v) is 3.01. The first-order chi connectivity index (χ1) is 9.47. The standard InChI is InChI=1S/C16H22F2N2/c1-16(2)10-19-14(11-6-7-11)9-20(16)8-12-4-3-5-13(17)15(12)18/h3-5,11,14,19H,6-10H2,1-2H3. The van der Waals surface area contributed by atoms with E-state index in [9.17, 15) is 8.78 Å². The van der Waals surface area contributed by atoms with Gasteiger partial charge < -0.3 is 5.32 Å². The lowest BCUT2D eigenvalue weighted by Gasteiger charge is -2.46. The number of piperazine rings is 1. The summed E-state index contributed by atoms with van der Waals surface area (Å²) in [7, 11) is 0. The molecular weight excluding hydrogens is 258 g/mol. The summed E-state index contributed by atoms with van der Waals surface area (Å²) >= 11 is 0. The quantitative estimate of drug-likeness (QED) is 0.916. The normalized spacial score (nSPS) is 26.7. The Labute approximate surface area is 119 Å². The Kier molecular flexibility index (Phi) is 3.55. The molecular formula is C16H22F2N2. The molecule has 110 valence electrons. The van der Waals surface area contributed by atoms with Gasteiger partial charge in [-0.3, -0.25) is 4.90 Å². The van der Waals surface area contributed by atoms with E-state index in [1.807, 2.05) is 0 Å². The van der Waals surface area contributed by atoms with Crippen LogP contribution >= 0.6 is 0 Å². The maximum atomic E-state index is 13.9. The summed E-state index contributed by atoms with van der Waals surface area (Å²) in [6, 6.07) is 4.94. The van der Waals surface area contributed by atoms with E-state index < -0.39 is 11.6 Å².